The van der Waals surface area contributed by atoms with E-state index in [4.69, 9.17) is 9.47 Å². The van der Waals surface area contributed by atoms with Gasteiger partial charge in [-0.3, -0.25) is 0 Å². The molecular formula is C13H20O3. The van der Waals surface area contributed by atoms with Gasteiger partial charge in [0.2, 0.25) is 0 Å². The molecule has 0 bridgehead atoms. The highest BCUT2D eigenvalue weighted by Crippen LogP contribution is 2.10. The quantitative estimate of drug-likeness (QED) is 0.688. The average Bonchev–Trinajstić information content (AvgIpc) is 2.31. The summed E-state index contributed by atoms with van der Waals surface area (Å²) in [5.74, 6) is 0.853. The van der Waals surface area contributed by atoms with Crippen LogP contribution in [0.25, 0.3) is 0 Å². The van der Waals surface area contributed by atoms with Gasteiger partial charge in [-0.1, -0.05) is 18.2 Å². The fourth-order valence-corrected chi connectivity index (χ4v) is 1.44. The molecule has 0 radical (unpaired) electrons. The van der Waals surface area contributed by atoms with Crippen LogP contribution < -0.4 is 4.74 Å². The van der Waals surface area contributed by atoms with E-state index in [1.54, 1.807) is 7.11 Å². The molecule has 0 aromatic heterocycles. The predicted molar refractivity (Wildman–Crippen MR) is 63.7 cm³/mol. The maximum atomic E-state index is 9.62. The van der Waals surface area contributed by atoms with Crippen LogP contribution in [0, 0.1) is 0 Å². The SMILES string of the molecule is COCCCC(O)CCOc1ccccc1. The monoisotopic (exact) mass is 224 g/mol. The van der Waals surface area contributed by atoms with Crippen LogP contribution in [0.5, 0.6) is 5.75 Å². The lowest BCUT2D eigenvalue weighted by molar-refractivity contribution is 0.113. The molecule has 1 rings (SSSR count). The van der Waals surface area contributed by atoms with Crippen molar-refractivity contribution in [2.24, 2.45) is 0 Å². The van der Waals surface area contributed by atoms with Crippen molar-refractivity contribution in [2.45, 2.75) is 25.4 Å². The van der Waals surface area contributed by atoms with Crippen LogP contribution >= 0.6 is 0 Å². The van der Waals surface area contributed by atoms with Gasteiger partial charge in [-0.25, -0.2) is 0 Å². The highest BCUT2D eigenvalue weighted by molar-refractivity contribution is 5.20. The molecule has 0 spiro atoms. The Balaban J connectivity index is 2.06. The van der Waals surface area contributed by atoms with Crippen LogP contribution in [0.3, 0.4) is 0 Å². The van der Waals surface area contributed by atoms with Gasteiger partial charge in [-0.05, 0) is 25.0 Å². The van der Waals surface area contributed by atoms with E-state index in [-0.39, 0.29) is 6.10 Å². The van der Waals surface area contributed by atoms with Crippen molar-refractivity contribution >= 4 is 0 Å². The Morgan fingerprint density at radius 1 is 1.12 bits per heavy atom. The van der Waals surface area contributed by atoms with E-state index in [1.165, 1.54) is 0 Å². The van der Waals surface area contributed by atoms with Gasteiger partial charge in [-0.2, -0.15) is 0 Å². The molecule has 0 saturated carbocycles. The first kappa shape index (κ1) is 13.0. The molecule has 90 valence electrons. The minimum Gasteiger partial charge on any atom is -0.493 e. The Morgan fingerprint density at radius 3 is 2.56 bits per heavy atom. The first-order valence-corrected chi connectivity index (χ1v) is 5.68. The van der Waals surface area contributed by atoms with E-state index in [1.807, 2.05) is 30.3 Å². The number of para-hydroxylation sites is 1. The molecule has 1 unspecified atom stereocenters. The molecular weight excluding hydrogens is 204 g/mol. The van der Waals surface area contributed by atoms with Crippen molar-refractivity contribution in [3.63, 3.8) is 0 Å². The van der Waals surface area contributed by atoms with Crippen molar-refractivity contribution in [2.75, 3.05) is 20.3 Å². The molecule has 0 heterocycles. The fraction of sp³-hybridized carbons (Fsp3) is 0.538. The molecule has 1 atom stereocenters. The second-order valence-electron chi connectivity index (χ2n) is 3.74. The predicted octanol–water partition coefficient (Wildman–Crippen LogP) is 2.24. The second-order valence-corrected chi connectivity index (χ2v) is 3.74. The summed E-state index contributed by atoms with van der Waals surface area (Å²) in [6.45, 7) is 1.26. The van der Waals surface area contributed by atoms with Crippen LogP contribution in [0.15, 0.2) is 30.3 Å². The lowest BCUT2D eigenvalue weighted by Crippen LogP contribution is -2.12. The molecule has 1 aromatic rings. The smallest absolute Gasteiger partial charge is 0.119 e. The Kier molecular flexibility index (Phi) is 6.61. The molecule has 3 heteroatoms. The summed E-state index contributed by atoms with van der Waals surface area (Å²) >= 11 is 0. The van der Waals surface area contributed by atoms with Crippen molar-refractivity contribution in [3.8, 4) is 5.75 Å². The van der Waals surface area contributed by atoms with E-state index in [9.17, 15) is 5.11 Å². The zero-order valence-corrected chi connectivity index (χ0v) is 9.76. The molecule has 1 aromatic carbocycles. The van der Waals surface area contributed by atoms with Gasteiger partial charge in [0.25, 0.3) is 0 Å². The third kappa shape index (κ3) is 5.73. The fourth-order valence-electron chi connectivity index (χ4n) is 1.44. The lowest BCUT2D eigenvalue weighted by atomic mass is 10.1. The number of aliphatic hydroxyl groups excluding tert-OH is 1. The van der Waals surface area contributed by atoms with Crippen molar-refractivity contribution in [1.82, 2.24) is 0 Å². The molecule has 0 saturated heterocycles. The largest absolute Gasteiger partial charge is 0.493 e. The van der Waals surface area contributed by atoms with E-state index in [2.05, 4.69) is 0 Å². The summed E-state index contributed by atoms with van der Waals surface area (Å²) in [4.78, 5) is 0. The van der Waals surface area contributed by atoms with E-state index in [0.717, 1.165) is 18.6 Å². The first-order valence-electron chi connectivity index (χ1n) is 5.68. The van der Waals surface area contributed by atoms with Crippen LogP contribution in [0.1, 0.15) is 19.3 Å². The highest BCUT2D eigenvalue weighted by Gasteiger charge is 2.03. The van der Waals surface area contributed by atoms with Crippen molar-refractivity contribution in [1.29, 1.82) is 0 Å². The third-order valence-electron chi connectivity index (χ3n) is 2.35. The molecule has 0 amide bonds. The number of hydrogen-bond donors (Lipinski definition) is 1. The third-order valence-corrected chi connectivity index (χ3v) is 2.35. The van der Waals surface area contributed by atoms with E-state index < -0.39 is 0 Å². The minimum atomic E-state index is -0.293. The van der Waals surface area contributed by atoms with Gasteiger partial charge in [0, 0.05) is 20.1 Å². The van der Waals surface area contributed by atoms with Gasteiger partial charge >= 0.3 is 0 Å². The van der Waals surface area contributed by atoms with Crippen LogP contribution in [-0.4, -0.2) is 31.5 Å². The summed E-state index contributed by atoms with van der Waals surface area (Å²) in [5.41, 5.74) is 0. The number of aliphatic hydroxyl groups is 1. The number of hydrogen-bond acceptors (Lipinski definition) is 3. The average molecular weight is 224 g/mol. The Bertz CT molecular complexity index is 261. The maximum Gasteiger partial charge on any atom is 0.119 e. The zero-order valence-electron chi connectivity index (χ0n) is 9.76. The topological polar surface area (TPSA) is 38.7 Å². The van der Waals surface area contributed by atoms with Crippen LogP contribution in [-0.2, 0) is 4.74 Å². The summed E-state index contributed by atoms with van der Waals surface area (Å²) in [7, 11) is 1.67. The molecule has 3 nitrogen and oxygen atoms in total. The van der Waals surface area contributed by atoms with Gasteiger partial charge in [0.15, 0.2) is 0 Å². The highest BCUT2D eigenvalue weighted by atomic mass is 16.5. The van der Waals surface area contributed by atoms with Crippen molar-refractivity contribution < 1.29 is 14.6 Å². The summed E-state index contributed by atoms with van der Waals surface area (Å²) in [6.07, 6.45) is 2.03. The summed E-state index contributed by atoms with van der Waals surface area (Å²) in [6, 6.07) is 9.65. The molecule has 0 aliphatic carbocycles. The first-order chi connectivity index (χ1) is 7.83. The van der Waals surface area contributed by atoms with Crippen LogP contribution in [0.4, 0.5) is 0 Å². The second kappa shape index (κ2) is 8.13. The van der Waals surface area contributed by atoms with Gasteiger partial charge in [0.05, 0.1) is 12.7 Å². The summed E-state index contributed by atoms with van der Waals surface area (Å²) < 4.78 is 10.4. The van der Waals surface area contributed by atoms with Crippen LogP contribution in [0.2, 0.25) is 0 Å². The number of rotatable bonds is 8. The maximum absolute atomic E-state index is 9.62. The van der Waals surface area contributed by atoms with Gasteiger partial charge in [-0.15, -0.1) is 0 Å². The number of benzene rings is 1. The van der Waals surface area contributed by atoms with Gasteiger partial charge in [0.1, 0.15) is 5.75 Å². The molecule has 1 N–H and O–H groups in total. The number of methoxy groups -OCH3 is 1. The van der Waals surface area contributed by atoms with E-state index in [0.29, 0.717) is 19.6 Å². The summed E-state index contributed by atoms with van der Waals surface area (Å²) in [5, 5.41) is 9.62. The van der Waals surface area contributed by atoms with Crippen molar-refractivity contribution in [3.05, 3.63) is 30.3 Å². The minimum absolute atomic E-state index is 0.293. The Morgan fingerprint density at radius 2 is 1.88 bits per heavy atom. The zero-order chi connectivity index (χ0) is 11.6. The van der Waals surface area contributed by atoms with Gasteiger partial charge < -0.3 is 14.6 Å². The number of ether oxygens (including phenoxy) is 2. The van der Waals surface area contributed by atoms with E-state index >= 15 is 0 Å². The molecule has 16 heavy (non-hydrogen) atoms. The lowest BCUT2D eigenvalue weighted by Gasteiger charge is -2.11. The Labute approximate surface area is 97.0 Å². The molecule has 0 fully saturated rings. The molecule has 0 aliphatic heterocycles. The normalized spacial score (nSPS) is 12.4. The molecule has 0 aliphatic rings. The standard InChI is InChI=1S/C13H20O3/c1-15-10-5-6-12(14)9-11-16-13-7-3-2-4-8-13/h2-4,7-8,12,14H,5-6,9-11H2,1H3. The Hall–Kier alpha value is -1.06.